The predicted molar refractivity (Wildman–Crippen MR) is 171 cm³/mol. The van der Waals surface area contributed by atoms with Gasteiger partial charge in [0.15, 0.2) is 11.5 Å². The Balaban J connectivity index is 1.64. The van der Waals surface area contributed by atoms with Crippen LogP contribution in [0.3, 0.4) is 0 Å². The topological polar surface area (TPSA) is 110 Å². The van der Waals surface area contributed by atoms with Gasteiger partial charge in [-0.25, -0.2) is 4.79 Å². The minimum atomic E-state index is -0.780. The highest BCUT2D eigenvalue weighted by Crippen LogP contribution is 2.43. The zero-order chi connectivity index (χ0) is 30.8. The van der Waals surface area contributed by atoms with E-state index in [0.717, 1.165) is 10.0 Å². The lowest BCUT2D eigenvalue weighted by Gasteiger charge is -2.29. The SMILES string of the molecule is C=CCOC(=O)C1=C(C)NC(SCC(=O)Nc2ccc(Br)cc2)=C(C#N)[C@H]1c1ccc(OCc2ccccc2)c(OC)c1. The van der Waals surface area contributed by atoms with E-state index in [-0.39, 0.29) is 29.4 Å². The average Bonchev–Trinajstić information content (AvgIpc) is 3.02. The number of hydrogen-bond donors (Lipinski definition) is 2. The summed E-state index contributed by atoms with van der Waals surface area (Å²) in [7, 11) is 1.53. The number of ether oxygens (including phenoxy) is 3. The summed E-state index contributed by atoms with van der Waals surface area (Å²) in [5.74, 6) is -0.600. The van der Waals surface area contributed by atoms with Gasteiger partial charge in [-0.3, -0.25) is 4.79 Å². The van der Waals surface area contributed by atoms with E-state index >= 15 is 0 Å². The first-order valence-corrected chi connectivity index (χ1v) is 15.0. The number of methoxy groups -OCH3 is 1. The van der Waals surface area contributed by atoms with Gasteiger partial charge in [0.05, 0.1) is 41.0 Å². The van der Waals surface area contributed by atoms with Crippen LogP contribution in [0.25, 0.3) is 0 Å². The number of nitrogens with one attached hydrogen (secondary N) is 2. The molecule has 1 amide bonds. The van der Waals surface area contributed by atoms with Crippen LogP contribution in [0.15, 0.2) is 112 Å². The second-order valence-corrected chi connectivity index (χ2v) is 11.3. The van der Waals surface area contributed by atoms with Crippen LogP contribution in [0.4, 0.5) is 5.69 Å². The van der Waals surface area contributed by atoms with Crippen LogP contribution in [0, 0.1) is 11.3 Å². The molecule has 0 saturated heterocycles. The van der Waals surface area contributed by atoms with Crippen molar-refractivity contribution in [3.8, 4) is 17.6 Å². The summed E-state index contributed by atoms with van der Waals surface area (Å²) in [5.41, 5.74) is 3.35. The molecular formula is C33H30BrN3O5S. The Morgan fingerprint density at radius 3 is 2.53 bits per heavy atom. The summed E-state index contributed by atoms with van der Waals surface area (Å²) < 4.78 is 18.0. The highest BCUT2D eigenvalue weighted by atomic mass is 79.9. The number of dihydropyridines is 1. The Morgan fingerprint density at radius 2 is 1.86 bits per heavy atom. The van der Waals surface area contributed by atoms with Gasteiger partial charge in [0.25, 0.3) is 0 Å². The maximum atomic E-state index is 13.3. The number of esters is 1. The van der Waals surface area contributed by atoms with Crippen LogP contribution < -0.4 is 20.1 Å². The van der Waals surface area contributed by atoms with E-state index in [1.165, 1.54) is 24.9 Å². The predicted octanol–water partition coefficient (Wildman–Crippen LogP) is 6.83. The fourth-order valence-corrected chi connectivity index (χ4v) is 5.59. The number of rotatable bonds is 12. The normalized spacial score (nSPS) is 14.3. The Morgan fingerprint density at radius 1 is 1.12 bits per heavy atom. The molecule has 0 unspecified atom stereocenters. The number of halogens is 1. The van der Waals surface area contributed by atoms with Crippen molar-refractivity contribution < 1.29 is 23.8 Å². The summed E-state index contributed by atoms with van der Waals surface area (Å²) in [6, 6.07) is 24.6. The first-order valence-electron chi connectivity index (χ1n) is 13.3. The number of carbonyl (C=O) groups is 2. The van der Waals surface area contributed by atoms with Crippen LogP contribution in [0.1, 0.15) is 24.0 Å². The Kier molecular flexibility index (Phi) is 11.1. The van der Waals surface area contributed by atoms with Gasteiger partial charge < -0.3 is 24.8 Å². The maximum Gasteiger partial charge on any atom is 0.337 e. The lowest BCUT2D eigenvalue weighted by molar-refractivity contribution is -0.138. The van der Waals surface area contributed by atoms with Gasteiger partial charge in [-0.2, -0.15) is 5.26 Å². The van der Waals surface area contributed by atoms with Crippen molar-refractivity contribution in [2.75, 3.05) is 24.8 Å². The van der Waals surface area contributed by atoms with Gasteiger partial charge in [0.1, 0.15) is 13.2 Å². The van der Waals surface area contributed by atoms with E-state index in [0.29, 0.717) is 40.1 Å². The average molecular weight is 661 g/mol. The molecular weight excluding hydrogens is 630 g/mol. The number of benzene rings is 3. The summed E-state index contributed by atoms with van der Waals surface area (Å²) in [5, 5.41) is 16.8. The fraction of sp³-hybridized carbons (Fsp3) is 0.182. The van der Waals surface area contributed by atoms with Crippen LogP contribution in [-0.2, 0) is 20.9 Å². The molecule has 0 fully saturated rings. The number of nitrogens with zero attached hydrogens (tertiary/aromatic N) is 1. The van der Waals surface area contributed by atoms with Crippen LogP contribution in [0.2, 0.25) is 0 Å². The third-order valence-electron chi connectivity index (χ3n) is 6.43. The van der Waals surface area contributed by atoms with Crippen molar-refractivity contribution in [2.24, 2.45) is 0 Å². The quantitative estimate of drug-likeness (QED) is 0.161. The van der Waals surface area contributed by atoms with Crippen LogP contribution >= 0.6 is 27.7 Å². The molecule has 2 N–H and O–H groups in total. The molecule has 1 atom stereocenters. The molecule has 1 heterocycles. The zero-order valence-electron chi connectivity index (χ0n) is 23.7. The Labute approximate surface area is 263 Å². The fourth-order valence-electron chi connectivity index (χ4n) is 4.43. The standard InChI is InChI=1S/C33H30BrN3O5S/c1-4-16-41-33(39)30-21(2)36-32(43-20-29(38)37-25-13-11-24(34)12-14-25)26(18-35)31(30)23-10-15-27(28(17-23)40-3)42-19-22-8-6-5-7-9-22/h4-15,17,31,36H,1,16,19-20H2,2-3H3,(H,37,38)/t31-/m1/s1. The lowest BCUT2D eigenvalue weighted by atomic mass is 9.82. The number of amides is 1. The molecule has 10 heteroatoms. The highest BCUT2D eigenvalue weighted by molar-refractivity contribution is 9.10. The smallest absolute Gasteiger partial charge is 0.337 e. The molecule has 4 rings (SSSR count). The van der Waals surface area contributed by atoms with Crippen LogP contribution in [0.5, 0.6) is 11.5 Å². The molecule has 0 bridgehead atoms. The van der Waals surface area contributed by atoms with Gasteiger partial charge in [0, 0.05) is 15.9 Å². The summed E-state index contributed by atoms with van der Waals surface area (Å²) in [6.07, 6.45) is 1.48. The minimum Gasteiger partial charge on any atom is -0.493 e. The van der Waals surface area contributed by atoms with Gasteiger partial charge in [0.2, 0.25) is 5.91 Å². The first kappa shape index (κ1) is 31.5. The van der Waals surface area contributed by atoms with E-state index in [2.05, 4.69) is 39.2 Å². The second kappa shape index (κ2) is 15.1. The van der Waals surface area contributed by atoms with Crippen molar-refractivity contribution in [2.45, 2.75) is 19.4 Å². The van der Waals surface area contributed by atoms with E-state index < -0.39 is 11.9 Å². The molecule has 43 heavy (non-hydrogen) atoms. The molecule has 0 aromatic heterocycles. The molecule has 3 aromatic carbocycles. The summed E-state index contributed by atoms with van der Waals surface area (Å²) >= 11 is 4.56. The van der Waals surface area contributed by atoms with Crippen molar-refractivity contribution in [3.05, 3.63) is 123 Å². The maximum absolute atomic E-state index is 13.3. The second-order valence-electron chi connectivity index (χ2n) is 9.37. The van der Waals surface area contributed by atoms with Crippen molar-refractivity contribution >= 4 is 45.3 Å². The van der Waals surface area contributed by atoms with Crippen molar-refractivity contribution in [3.63, 3.8) is 0 Å². The Hall–Kier alpha value is -4.46. The number of hydrogen-bond acceptors (Lipinski definition) is 8. The number of thioether (sulfide) groups is 1. The molecule has 1 aliphatic heterocycles. The van der Waals surface area contributed by atoms with E-state index in [1.807, 2.05) is 42.5 Å². The molecule has 0 saturated carbocycles. The highest BCUT2D eigenvalue weighted by Gasteiger charge is 2.36. The van der Waals surface area contributed by atoms with E-state index in [4.69, 9.17) is 14.2 Å². The molecule has 0 radical (unpaired) electrons. The molecule has 0 aliphatic carbocycles. The summed E-state index contributed by atoms with van der Waals surface area (Å²) in [6.45, 7) is 5.72. The van der Waals surface area contributed by atoms with Gasteiger partial charge in [-0.05, 0) is 54.4 Å². The van der Waals surface area contributed by atoms with Crippen LogP contribution in [-0.4, -0.2) is 31.3 Å². The monoisotopic (exact) mass is 659 g/mol. The lowest BCUT2D eigenvalue weighted by Crippen LogP contribution is -2.29. The van der Waals surface area contributed by atoms with Gasteiger partial charge >= 0.3 is 5.97 Å². The molecule has 3 aromatic rings. The number of anilines is 1. The van der Waals surface area contributed by atoms with E-state index in [1.54, 1.807) is 37.3 Å². The molecule has 8 nitrogen and oxygen atoms in total. The van der Waals surface area contributed by atoms with Gasteiger partial charge in [-0.15, -0.1) is 0 Å². The Bertz CT molecular complexity index is 1600. The minimum absolute atomic E-state index is 0.0152. The zero-order valence-corrected chi connectivity index (χ0v) is 26.1. The largest absolute Gasteiger partial charge is 0.493 e. The molecule has 1 aliphatic rings. The third kappa shape index (κ3) is 8.09. The van der Waals surface area contributed by atoms with Crippen molar-refractivity contribution in [1.82, 2.24) is 5.32 Å². The molecule has 220 valence electrons. The number of nitriles is 1. The third-order valence-corrected chi connectivity index (χ3v) is 7.98. The molecule has 0 spiro atoms. The van der Waals surface area contributed by atoms with Gasteiger partial charge in [-0.1, -0.05) is 76.7 Å². The van der Waals surface area contributed by atoms with Crippen molar-refractivity contribution in [1.29, 1.82) is 5.26 Å². The number of carbonyl (C=O) groups excluding carboxylic acids is 2. The summed E-state index contributed by atoms with van der Waals surface area (Å²) in [4.78, 5) is 26.0. The van der Waals surface area contributed by atoms with E-state index in [9.17, 15) is 14.9 Å². The first-order chi connectivity index (χ1) is 20.8. The number of allylic oxidation sites excluding steroid dienone is 2.